The standard InChI is InChI=1S/C11H22OS/c1-8(12-11(2,3)4)6-9-7-10(9)13-5/h8-10H,6-7H2,1-5H3. The molecule has 13 heavy (non-hydrogen) atoms. The Morgan fingerprint density at radius 3 is 2.46 bits per heavy atom. The highest BCUT2D eigenvalue weighted by Crippen LogP contribution is 2.43. The number of thioether (sulfide) groups is 1. The van der Waals surface area contributed by atoms with Crippen molar-refractivity contribution in [1.82, 2.24) is 0 Å². The Hall–Kier alpha value is 0.310. The van der Waals surface area contributed by atoms with Crippen molar-refractivity contribution in [2.45, 2.75) is 57.5 Å². The van der Waals surface area contributed by atoms with Crippen LogP contribution in [0.15, 0.2) is 0 Å². The number of rotatable bonds is 4. The van der Waals surface area contributed by atoms with Gasteiger partial charge in [0.25, 0.3) is 0 Å². The van der Waals surface area contributed by atoms with E-state index in [0.29, 0.717) is 6.10 Å². The lowest BCUT2D eigenvalue weighted by molar-refractivity contribution is -0.0560. The summed E-state index contributed by atoms with van der Waals surface area (Å²) in [7, 11) is 0. The van der Waals surface area contributed by atoms with Gasteiger partial charge in [0.1, 0.15) is 0 Å². The molecule has 0 spiro atoms. The van der Waals surface area contributed by atoms with E-state index in [1.54, 1.807) is 0 Å². The van der Waals surface area contributed by atoms with E-state index in [1.165, 1.54) is 12.8 Å². The van der Waals surface area contributed by atoms with E-state index >= 15 is 0 Å². The number of ether oxygens (including phenoxy) is 1. The van der Waals surface area contributed by atoms with Crippen molar-refractivity contribution in [3.63, 3.8) is 0 Å². The Balaban J connectivity index is 2.16. The van der Waals surface area contributed by atoms with Gasteiger partial charge in [0.15, 0.2) is 0 Å². The van der Waals surface area contributed by atoms with Crippen LogP contribution >= 0.6 is 11.8 Å². The molecule has 2 heteroatoms. The van der Waals surface area contributed by atoms with E-state index in [4.69, 9.17) is 4.74 Å². The van der Waals surface area contributed by atoms with E-state index in [0.717, 1.165) is 11.2 Å². The number of hydrogen-bond acceptors (Lipinski definition) is 2. The van der Waals surface area contributed by atoms with Crippen LogP contribution in [0.4, 0.5) is 0 Å². The third-order valence-corrected chi connectivity index (χ3v) is 3.53. The van der Waals surface area contributed by atoms with E-state index < -0.39 is 0 Å². The lowest BCUT2D eigenvalue weighted by Gasteiger charge is -2.25. The molecule has 1 aliphatic carbocycles. The molecule has 1 fully saturated rings. The molecule has 78 valence electrons. The summed E-state index contributed by atoms with van der Waals surface area (Å²) in [5, 5.41) is 0.922. The first-order chi connectivity index (χ1) is 5.92. The minimum Gasteiger partial charge on any atom is -0.373 e. The fourth-order valence-corrected chi connectivity index (χ4v) is 2.77. The summed E-state index contributed by atoms with van der Waals surface area (Å²) in [5.41, 5.74) is 0.0170. The maximum atomic E-state index is 5.87. The van der Waals surface area contributed by atoms with Crippen molar-refractivity contribution < 1.29 is 4.74 Å². The molecule has 0 aromatic carbocycles. The van der Waals surface area contributed by atoms with Crippen LogP contribution in [0.1, 0.15) is 40.5 Å². The Morgan fingerprint density at radius 1 is 1.46 bits per heavy atom. The van der Waals surface area contributed by atoms with Crippen LogP contribution in [-0.2, 0) is 4.74 Å². The lowest BCUT2D eigenvalue weighted by Crippen LogP contribution is -2.25. The van der Waals surface area contributed by atoms with Crippen LogP contribution in [0.25, 0.3) is 0 Å². The zero-order chi connectivity index (χ0) is 10.1. The first-order valence-electron chi connectivity index (χ1n) is 5.13. The zero-order valence-corrected chi connectivity index (χ0v) is 10.3. The smallest absolute Gasteiger partial charge is 0.0602 e. The first-order valence-corrected chi connectivity index (χ1v) is 6.42. The van der Waals surface area contributed by atoms with Gasteiger partial charge in [-0.25, -0.2) is 0 Å². The molecule has 1 nitrogen and oxygen atoms in total. The van der Waals surface area contributed by atoms with Gasteiger partial charge in [-0.2, -0.15) is 11.8 Å². The molecular weight excluding hydrogens is 180 g/mol. The molecule has 0 aromatic rings. The average molecular weight is 202 g/mol. The third-order valence-electron chi connectivity index (χ3n) is 2.35. The fraction of sp³-hybridized carbons (Fsp3) is 1.00. The van der Waals surface area contributed by atoms with Gasteiger partial charge < -0.3 is 4.74 Å². The van der Waals surface area contributed by atoms with Crippen molar-refractivity contribution in [1.29, 1.82) is 0 Å². The molecule has 1 rings (SSSR count). The predicted molar refractivity (Wildman–Crippen MR) is 60.3 cm³/mol. The minimum absolute atomic E-state index is 0.0170. The highest BCUT2D eigenvalue weighted by molar-refractivity contribution is 7.99. The monoisotopic (exact) mass is 202 g/mol. The first kappa shape index (κ1) is 11.4. The van der Waals surface area contributed by atoms with E-state index in [9.17, 15) is 0 Å². The summed E-state index contributed by atoms with van der Waals surface area (Å²) in [6.07, 6.45) is 5.27. The molecule has 1 aliphatic rings. The lowest BCUT2D eigenvalue weighted by atomic mass is 10.1. The Kier molecular flexibility index (Phi) is 3.70. The number of hydrogen-bond donors (Lipinski definition) is 0. The van der Waals surface area contributed by atoms with Gasteiger partial charge in [-0.3, -0.25) is 0 Å². The van der Waals surface area contributed by atoms with Gasteiger partial charge in [-0.15, -0.1) is 0 Å². The van der Waals surface area contributed by atoms with E-state index in [1.807, 2.05) is 11.8 Å². The largest absolute Gasteiger partial charge is 0.373 e. The normalized spacial score (nSPS) is 30.2. The van der Waals surface area contributed by atoms with Crippen LogP contribution < -0.4 is 0 Å². The van der Waals surface area contributed by atoms with Gasteiger partial charge >= 0.3 is 0 Å². The maximum Gasteiger partial charge on any atom is 0.0602 e. The Labute approximate surface area is 86.6 Å². The molecule has 0 aromatic heterocycles. The Bertz CT molecular complexity index is 162. The summed E-state index contributed by atoms with van der Waals surface area (Å²) < 4.78 is 5.87. The van der Waals surface area contributed by atoms with E-state index in [2.05, 4.69) is 34.0 Å². The van der Waals surface area contributed by atoms with Crippen molar-refractivity contribution in [3.8, 4) is 0 Å². The van der Waals surface area contributed by atoms with Crippen LogP contribution in [-0.4, -0.2) is 23.2 Å². The maximum absolute atomic E-state index is 5.87. The summed E-state index contributed by atoms with van der Waals surface area (Å²) in [6, 6.07) is 0. The molecule has 0 aliphatic heterocycles. The average Bonchev–Trinajstić information content (AvgIpc) is 2.62. The second kappa shape index (κ2) is 4.22. The SMILES string of the molecule is CSC1CC1CC(C)OC(C)(C)C. The van der Waals surface area contributed by atoms with Gasteiger partial charge in [0.05, 0.1) is 11.7 Å². The topological polar surface area (TPSA) is 9.23 Å². The van der Waals surface area contributed by atoms with Gasteiger partial charge in [-0.1, -0.05) is 0 Å². The molecular formula is C11H22OS. The summed E-state index contributed by atoms with van der Waals surface area (Å²) >= 11 is 2.00. The predicted octanol–water partition coefficient (Wildman–Crippen LogP) is 3.33. The summed E-state index contributed by atoms with van der Waals surface area (Å²) in [6.45, 7) is 8.58. The van der Waals surface area contributed by atoms with Crippen molar-refractivity contribution in [2.75, 3.05) is 6.26 Å². The van der Waals surface area contributed by atoms with Crippen LogP contribution in [0.3, 0.4) is 0 Å². The zero-order valence-electron chi connectivity index (χ0n) is 9.46. The van der Waals surface area contributed by atoms with Gasteiger partial charge in [0, 0.05) is 5.25 Å². The minimum atomic E-state index is 0.0170. The van der Waals surface area contributed by atoms with Gasteiger partial charge in [-0.05, 0) is 52.7 Å². The van der Waals surface area contributed by atoms with Crippen molar-refractivity contribution in [2.24, 2.45) is 5.92 Å². The van der Waals surface area contributed by atoms with Crippen LogP contribution in [0.5, 0.6) is 0 Å². The molecule has 0 N–H and O–H groups in total. The highest BCUT2D eigenvalue weighted by atomic mass is 32.2. The van der Waals surface area contributed by atoms with Crippen LogP contribution in [0.2, 0.25) is 0 Å². The Morgan fingerprint density at radius 2 is 2.08 bits per heavy atom. The van der Waals surface area contributed by atoms with E-state index in [-0.39, 0.29) is 5.60 Å². The molecule has 3 unspecified atom stereocenters. The van der Waals surface area contributed by atoms with Crippen molar-refractivity contribution in [3.05, 3.63) is 0 Å². The third kappa shape index (κ3) is 4.37. The molecule has 0 bridgehead atoms. The molecule has 0 saturated heterocycles. The molecule has 0 heterocycles. The summed E-state index contributed by atoms with van der Waals surface area (Å²) in [5.74, 6) is 0.923. The van der Waals surface area contributed by atoms with Gasteiger partial charge in [0.2, 0.25) is 0 Å². The van der Waals surface area contributed by atoms with Crippen LogP contribution in [0, 0.1) is 5.92 Å². The fourth-order valence-electron chi connectivity index (χ4n) is 1.83. The quantitative estimate of drug-likeness (QED) is 0.691. The molecule has 1 saturated carbocycles. The highest BCUT2D eigenvalue weighted by Gasteiger charge is 2.37. The summed E-state index contributed by atoms with van der Waals surface area (Å²) in [4.78, 5) is 0. The second-order valence-corrected chi connectivity index (χ2v) is 6.12. The molecule has 3 atom stereocenters. The molecule has 0 amide bonds. The second-order valence-electron chi connectivity index (χ2n) is 5.05. The van der Waals surface area contributed by atoms with Crippen molar-refractivity contribution >= 4 is 11.8 Å². The molecule has 0 radical (unpaired) electrons.